The first-order valence-electron chi connectivity index (χ1n) is 7.46. The van der Waals surface area contributed by atoms with Crippen LogP contribution in [0, 0.1) is 0 Å². The van der Waals surface area contributed by atoms with Gasteiger partial charge in [-0.2, -0.15) is 15.0 Å². The molecule has 0 saturated carbocycles. The number of rotatable bonds is 9. The summed E-state index contributed by atoms with van der Waals surface area (Å²) in [5.41, 5.74) is 0. The molecule has 0 aliphatic carbocycles. The van der Waals surface area contributed by atoms with Crippen molar-refractivity contribution in [2.24, 2.45) is 0 Å². The first kappa shape index (κ1) is 17.8. The Morgan fingerprint density at radius 1 is 1.00 bits per heavy atom. The van der Waals surface area contributed by atoms with Gasteiger partial charge in [0.2, 0.25) is 11.9 Å². The van der Waals surface area contributed by atoms with Crippen molar-refractivity contribution >= 4 is 39.6 Å². The number of hydrogen-bond donors (Lipinski definition) is 2. The van der Waals surface area contributed by atoms with Crippen LogP contribution in [0.1, 0.15) is 13.8 Å². The summed E-state index contributed by atoms with van der Waals surface area (Å²) in [6.45, 7) is 6.15. The molecule has 0 radical (unpaired) electrons. The molecule has 0 amide bonds. The summed E-state index contributed by atoms with van der Waals surface area (Å²) in [5.74, 6) is 2.80. The number of nitrogens with zero attached hydrogens (tertiary/aromatic N) is 3. The quantitative estimate of drug-likeness (QED) is 0.493. The van der Waals surface area contributed by atoms with Gasteiger partial charge in [-0.3, -0.25) is 0 Å². The third-order valence-electron chi connectivity index (χ3n) is 2.68. The maximum Gasteiger partial charge on any atom is 0.228 e. The number of benzene rings is 1. The van der Waals surface area contributed by atoms with Crippen LogP contribution in [0.3, 0.4) is 0 Å². The van der Waals surface area contributed by atoms with Crippen molar-refractivity contribution in [1.29, 1.82) is 0 Å². The molecule has 2 N–H and O–H groups in total. The fraction of sp³-hybridized carbons (Fsp3) is 0.400. The highest BCUT2D eigenvalue weighted by Crippen LogP contribution is 2.19. The molecule has 0 spiro atoms. The van der Waals surface area contributed by atoms with E-state index >= 15 is 0 Å². The number of thioether (sulfide) groups is 1. The molecule has 124 valence electrons. The van der Waals surface area contributed by atoms with E-state index in [0.29, 0.717) is 23.7 Å². The molecular weight excluding hydrogens is 378 g/mol. The number of aromatic nitrogens is 3. The van der Waals surface area contributed by atoms with E-state index in [1.807, 2.05) is 38.1 Å². The molecule has 2 rings (SSSR count). The molecule has 1 aromatic heterocycles. The van der Waals surface area contributed by atoms with Crippen LogP contribution in [0.4, 0.5) is 11.9 Å². The molecule has 0 saturated heterocycles. The molecule has 0 fully saturated rings. The van der Waals surface area contributed by atoms with Crippen LogP contribution in [0.5, 0.6) is 5.75 Å². The topological polar surface area (TPSA) is 72.0 Å². The van der Waals surface area contributed by atoms with Crippen LogP contribution in [0.2, 0.25) is 0 Å². The van der Waals surface area contributed by atoms with Gasteiger partial charge in [-0.25, -0.2) is 0 Å². The Hall–Kier alpha value is -1.54. The number of hydrogen-bond acceptors (Lipinski definition) is 7. The van der Waals surface area contributed by atoms with Crippen LogP contribution in [-0.2, 0) is 0 Å². The largest absolute Gasteiger partial charge is 0.493 e. The summed E-state index contributed by atoms with van der Waals surface area (Å²) in [7, 11) is 0. The lowest BCUT2D eigenvalue weighted by atomic mass is 10.3. The van der Waals surface area contributed by atoms with Crippen molar-refractivity contribution in [3.8, 4) is 5.75 Å². The molecule has 0 unspecified atom stereocenters. The fourth-order valence-electron chi connectivity index (χ4n) is 1.72. The molecular formula is C15H20BrN5OS. The Morgan fingerprint density at radius 2 is 1.61 bits per heavy atom. The lowest BCUT2D eigenvalue weighted by Crippen LogP contribution is -2.10. The second-order valence-electron chi connectivity index (χ2n) is 4.48. The van der Waals surface area contributed by atoms with E-state index in [1.54, 1.807) is 11.8 Å². The fourth-order valence-corrected chi connectivity index (χ4v) is 2.63. The second-order valence-corrected chi connectivity index (χ2v) is 6.45. The van der Waals surface area contributed by atoms with E-state index in [4.69, 9.17) is 4.74 Å². The van der Waals surface area contributed by atoms with Crippen molar-refractivity contribution in [3.05, 3.63) is 28.7 Å². The van der Waals surface area contributed by atoms with E-state index in [1.165, 1.54) is 0 Å². The first-order chi connectivity index (χ1) is 11.2. The van der Waals surface area contributed by atoms with Crippen LogP contribution in [0.25, 0.3) is 0 Å². The summed E-state index contributed by atoms with van der Waals surface area (Å²) in [6.07, 6.45) is 0. The molecule has 6 nitrogen and oxygen atoms in total. The third kappa shape index (κ3) is 6.23. The van der Waals surface area contributed by atoms with Gasteiger partial charge in [0, 0.05) is 23.3 Å². The summed E-state index contributed by atoms with van der Waals surface area (Å²) < 4.78 is 6.73. The average Bonchev–Trinajstić information content (AvgIpc) is 2.54. The van der Waals surface area contributed by atoms with Crippen molar-refractivity contribution in [1.82, 2.24) is 15.0 Å². The molecule has 0 atom stereocenters. The van der Waals surface area contributed by atoms with E-state index in [-0.39, 0.29) is 0 Å². The highest BCUT2D eigenvalue weighted by atomic mass is 79.9. The van der Waals surface area contributed by atoms with Crippen molar-refractivity contribution in [2.75, 3.05) is 36.1 Å². The zero-order valence-corrected chi connectivity index (χ0v) is 15.6. The monoisotopic (exact) mass is 397 g/mol. The summed E-state index contributed by atoms with van der Waals surface area (Å²) >= 11 is 4.95. The third-order valence-corrected chi connectivity index (χ3v) is 4.02. The zero-order chi connectivity index (χ0) is 16.5. The van der Waals surface area contributed by atoms with Crippen LogP contribution >= 0.6 is 27.7 Å². The molecule has 1 aromatic carbocycles. The minimum Gasteiger partial charge on any atom is -0.493 e. The van der Waals surface area contributed by atoms with Gasteiger partial charge in [-0.15, -0.1) is 0 Å². The molecule has 23 heavy (non-hydrogen) atoms. The van der Waals surface area contributed by atoms with Gasteiger partial charge in [-0.05, 0) is 38.1 Å². The summed E-state index contributed by atoms with van der Waals surface area (Å²) in [5, 5.41) is 6.92. The standard InChI is InChI=1S/C15H20BrN5OS/c1-3-17-13-19-14(18-4-2)21-15(20-13)23-10-9-22-12-7-5-11(16)6-8-12/h5-8H,3-4,9-10H2,1-2H3,(H2,17,18,19,20,21). The Labute approximate surface area is 149 Å². The highest BCUT2D eigenvalue weighted by molar-refractivity contribution is 9.10. The Balaban J connectivity index is 1.87. The maximum atomic E-state index is 5.69. The maximum absolute atomic E-state index is 5.69. The van der Waals surface area contributed by atoms with Crippen LogP contribution < -0.4 is 15.4 Å². The van der Waals surface area contributed by atoms with E-state index in [2.05, 4.69) is 41.5 Å². The molecule has 1 heterocycles. The average molecular weight is 398 g/mol. The highest BCUT2D eigenvalue weighted by Gasteiger charge is 2.06. The number of anilines is 2. The van der Waals surface area contributed by atoms with Gasteiger partial charge >= 0.3 is 0 Å². The van der Waals surface area contributed by atoms with Gasteiger partial charge in [0.25, 0.3) is 0 Å². The van der Waals surface area contributed by atoms with Crippen molar-refractivity contribution < 1.29 is 4.74 Å². The molecule has 0 aliphatic rings. The molecule has 0 bridgehead atoms. The van der Waals surface area contributed by atoms with Crippen LogP contribution in [-0.4, -0.2) is 40.4 Å². The number of nitrogens with one attached hydrogen (secondary N) is 2. The predicted octanol–water partition coefficient (Wildman–Crippen LogP) is 3.67. The van der Waals surface area contributed by atoms with Gasteiger partial charge in [-0.1, -0.05) is 27.7 Å². The minimum atomic E-state index is 0.588. The lowest BCUT2D eigenvalue weighted by molar-refractivity contribution is 0.344. The SMILES string of the molecule is CCNc1nc(NCC)nc(SCCOc2ccc(Br)cc2)n1. The first-order valence-corrected chi connectivity index (χ1v) is 9.24. The van der Waals surface area contributed by atoms with Crippen molar-refractivity contribution in [3.63, 3.8) is 0 Å². The van der Waals surface area contributed by atoms with E-state index in [9.17, 15) is 0 Å². The zero-order valence-electron chi connectivity index (χ0n) is 13.2. The predicted molar refractivity (Wildman–Crippen MR) is 98.5 cm³/mol. The van der Waals surface area contributed by atoms with Gasteiger partial charge < -0.3 is 15.4 Å². The molecule has 2 aromatic rings. The molecule has 8 heteroatoms. The number of ether oxygens (including phenoxy) is 1. The Kier molecular flexibility index (Phi) is 7.41. The van der Waals surface area contributed by atoms with Crippen LogP contribution in [0.15, 0.2) is 33.9 Å². The second kappa shape index (κ2) is 9.57. The summed E-state index contributed by atoms with van der Waals surface area (Å²) in [6, 6.07) is 7.79. The summed E-state index contributed by atoms with van der Waals surface area (Å²) in [4.78, 5) is 13.1. The van der Waals surface area contributed by atoms with E-state index in [0.717, 1.165) is 29.1 Å². The minimum absolute atomic E-state index is 0.588. The lowest BCUT2D eigenvalue weighted by Gasteiger charge is -2.08. The number of halogens is 1. The Morgan fingerprint density at radius 3 is 2.17 bits per heavy atom. The van der Waals surface area contributed by atoms with Gasteiger partial charge in [0.1, 0.15) is 5.75 Å². The smallest absolute Gasteiger partial charge is 0.228 e. The van der Waals surface area contributed by atoms with E-state index < -0.39 is 0 Å². The Bertz CT molecular complexity index is 587. The van der Waals surface area contributed by atoms with Gasteiger partial charge in [0.05, 0.1) is 6.61 Å². The molecule has 0 aliphatic heterocycles. The normalized spacial score (nSPS) is 10.4. The van der Waals surface area contributed by atoms with Gasteiger partial charge in [0.15, 0.2) is 5.16 Å². The van der Waals surface area contributed by atoms with Crippen molar-refractivity contribution in [2.45, 2.75) is 19.0 Å².